The SMILES string of the molecule is Cc1ccc(-c2noc([C@H]3C[C@@H]3F)n2)cc1/C=C/c1cnc2ccccn12. The number of hydrogen-bond acceptors (Lipinski definition) is 4. The lowest BCUT2D eigenvalue weighted by atomic mass is 10.0. The Labute approximate surface area is 155 Å². The second-order valence-corrected chi connectivity index (χ2v) is 6.83. The lowest BCUT2D eigenvalue weighted by Crippen LogP contribution is -1.88. The molecule has 3 heterocycles. The Morgan fingerprint density at radius 2 is 2.11 bits per heavy atom. The highest BCUT2D eigenvalue weighted by atomic mass is 19.1. The number of aryl methyl sites for hydroxylation is 1. The number of imidazole rings is 1. The third-order valence-electron chi connectivity index (χ3n) is 4.89. The molecular weight excluding hydrogens is 343 g/mol. The molecule has 1 aliphatic rings. The largest absolute Gasteiger partial charge is 0.339 e. The normalized spacial score (nSPS) is 19.2. The fourth-order valence-corrected chi connectivity index (χ4v) is 3.13. The number of nitrogens with zero attached hydrogens (tertiary/aromatic N) is 4. The van der Waals surface area contributed by atoms with Gasteiger partial charge in [0.15, 0.2) is 0 Å². The van der Waals surface area contributed by atoms with Crippen LogP contribution in [0.2, 0.25) is 0 Å². The zero-order chi connectivity index (χ0) is 18.4. The fraction of sp³-hybridized carbons (Fsp3) is 0.190. The monoisotopic (exact) mass is 360 g/mol. The minimum Gasteiger partial charge on any atom is -0.339 e. The van der Waals surface area contributed by atoms with Gasteiger partial charge in [-0.2, -0.15) is 4.98 Å². The van der Waals surface area contributed by atoms with Gasteiger partial charge in [0, 0.05) is 11.8 Å². The van der Waals surface area contributed by atoms with E-state index in [1.165, 1.54) is 0 Å². The van der Waals surface area contributed by atoms with E-state index in [-0.39, 0.29) is 5.92 Å². The van der Waals surface area contributed by atoms with Crippen LogP contribution in [0.3, 0.4) is 0 Å². The summed E-state index contributed by atoms with van der Waals surface area (Å²) in [5.74, 6) is 0.653. The Bertz CT molecular complexity index is 1160. The topological polar surface area (TPSA) is 56.2 Å². The van der Waals surface area contributed by atoms with Crippen molar-refractivity contribution in [3.05, 3.63) is 71.5 Å². The van der Waals surface area contributed by atoms with Crippen LogP contribution in [0.25, 0.3) is 29.2 Å². The highest BCUT2D eigenvalue weighted by Crippen LogP contribution is 2.43. The Morgan fingerprint density at radius 3 is 2.96 bits per heavy atom. The smallest absolute Gasteiger partial charge is 0.233 e. The van der Waals surface area contributed by atoms with Crippen molar-refractivity contribution < 1.29 is 8.91 Å². The number of benzene rings is 1. The molecule has 1 saturated carbocycles. The predicted octanol–water partition coefficient (Wildman–Crippen LogP) is 4.69. The molecule has 27 heavy (non-hydrogen) atoms. The van der Waals surface area contributed by atoms with Crippen LogP contribution >= 0.6 is 0 Å². The van der Waals surface area contributed by atoms with E-state index in [1.807, 2.05) is 59.3 Å². The van der Waals surface area contributed by atoms with Crippen molar-refractivity contribution in [3.63, 3.8) is 0 Å². The van der Waals surface area contributed by atoms with Crippen LogP contribution in [0.1, 0.15) is 35.1 Å². The molecule has 6 heteroatoms. The Balaban J connectivity index is 1.46. The summed E-state index contributed by atoms with van der Waals surface area (Å²) in [5.41, 5.74) is 4.95. The van der Waals surface area contributed by atoms with Gasteiger partial charge in [-0.3, -0.25) is 0 Å². The van der Waals surface area contributed by atoms with E-state index in [1.54, 1.807) is 0 Å². The van der Waals surface area contributed by atoms with Crippen molar-refractivity contribution in [3.8, 4) is 11.4 Å². The van der Waals surface area contributed by atoms with Gasteiger partial charge in [0.1, 0.15) is 11.8 Å². The van der Waals surface area contributed by atoms with E-state index in [4.69, 9.17) is 4.52 Å². The highest BCUT2D eigenvalue weighted by Gasteiger charge is 2.43. The molecule has 0 radical (unpaired) electrons. The Hall–Kier alpha value is -3.28. The predicted molar refractivity (Wildman–Crippen MR) is 101 cm³/mol. The third kappa shape index (κ3) is 2.93. The van der Waals surface area contributed by atoms with Gasteiger partial charge in [-0.15, -0.1) is 0 Å². The minimum absolute atomic E-state index is 0.230. The van der Waals surface area contributed by atoms with Crippen molar-refractivity contribution in [2.24, 2.45) is 0 Å². The molecule has 1 fully saturated rings. The molecule has 1 aliphatic carbocycles. The van der Waals surface area contributed by atoms with E-state index in [2.05, 4.69) is 28.1 Å². The molecule has 0 amide bonds. The molecule has 2 atom stereocenters. The molecule has 134 valence electrons. The van der Waals surface area contributed by atoms with Gasteiger partial charge in [0.2, 0.25) is 11.7 Å². The fourth-order valence-electron chi connectivity index (χ4n) is 3.13. The number of pyridine rings is 1. The first-order valence-corrected chi connectivity index (χ1v) is 8.88. The molecule has 1 aromatic carbocycles. The number of rotatable bonds is 4. The lowest BCUT2D eigenvalue weighted by Gasteiger charge is -2.03. The first-order valence-electron chi connectivity index (χ1n) is 8.88. The van der Waals surface area contributed by atoms with Crippen LogP contribution in [0, 0.1) is 6.92 Å². The molecule has 5 rings (SSSR count). The number of fused-ring (bicyclic) bond motifs is 1. The minimum atomic E-state index is -0.847. The molecule has 5 nitrogen and oxygen atoms in total. The van der Waals surface area contributed by atoms with Gasteiger partial charge in [0.25, 0.3) is 0 Å². The van der Waals surface area contributed by atoms with Crippen molar-refractivity contribution in [2.45, 2.75) is 25.4 Å². The molecule has 4 aromatic rings. The molecular formula is C21H17FN4O. The zero-order valence-corrected chi connectivity index (χ0v) is 14.7. The Kier molecular flexibility index (Phi) is 3.63. The van der Waals surface area contributed by atoms with Crippen molar-refractivity contribution in [1.29, 1.82) is 0 Å². The molecule has 0 saturated heterocycles. The van der Waals surface area contributed by atoms with Crippen LogP contribution in [0.5, 0.6) is 0 Å². The lowest BCUT2D eigenvalue weighted by molar-refractivity contribution is 0.363. The quantitative estimate of drug-likeness (QED) is 0.530. The van der Waals surface area contributed by atoms with Crippen LogP contribution in [-0.4, -0.2) is 25.7 Å². The molecule has 0 bridgehead atoms. The van der Waals surface area contributed by atoms with Gasteiger partial charge < -0.3 is 8.92 Å². The van der Waals surface area contributed by atoms with Crippen LogP contribution in [-0.2, 0) is 0 Å². The van der Waals surface area contributed by atoms with Crippen molar-refractivity contribution in [1.82, 2.24) is 19.5 Å². The average molecular weight is 360 g/mol. The maximum atomic E-state index is 13.2. The average Bonchev–Trinajstić information content (AvgIpc) is 3.10. The second-order valence-electron chi connectivity index (χ2n) is 6.83. The maximum Gasteiger partial charge on any atom is 0.233 e. The van der Waals surface area contributed by atoms with Crippen LogP contribution in [0.4, 0.5) is 4.39 Å². The summed E-state index contributed by atoms with van der Waals surface area (Å²) >= 11 is 0. The number of hydrogen-bond donors (Lipinski definition) is 0. The van der Waals surface area contributed by atoms with Gasteiger partial charge in [-0.05, 0) is 48.7 Å². The number of alkyl halides is 1. The molecule has 0 spiro atoms. The van der Waals surface area contributed by atoms with E-state index in [9.17, 15) is 4.39 Å². The van der Waals surface area contributed by atoms with E-state index in [0.717, 1.165) is 28.0 Å². The standard InChI is InChI=1S/C21H17FN4O/c1-13-5-6-15(20-24-21(27-25-20)17-11-18(17)22)10-14(13)7-8-16-12-23-19-4-2-3-9-26(16)19/h2-10,12,17-18H,11H2,1H3/b8-7+/t17-,18-/m0/s1. The summed E-state index contributed by atoms with van der Waals surface area (Å²) in [5, 5.41) is 4.01. The molecule has 0 N–H and O–H groups in total. The first kappa shape index (κ1) is 15.9. The second kappa shape index (κ2) is 6.16. The number of aromatic nitrogens is 4. The summed E-state index contributed by atoms with van der Waals surface area (Å²) in [6.07, 6.45) is 7.55. The van der Waals surface area contributed by atoms with E-state index in [0.29, 0.717) is 18.1 Å². The summed E-state index contributed by atoms with van der Waals surface area (Å²) < 4.78 is 20.4. The molecule has 0 aliphatic heterocycles. The molecule has 3 aromatic heterocycles. The van der Waals surface area contributed by atoms with Crippen LogP contribution in [0.15, 0.2) is 53.3 Å². The van der Waals surface area contributed by atoms with Gasteiger partial charge in [0.05, 0.1) is 17.8 Å². The summed E-state index contributed by atoms with van der Waals surface area (Å²) in [4.78, 5) is 8.76. The van der Waals surface area contributed by atoms with Gasteiger partial charge in [-0.25, -0.2) is 9.37 Å². The maximum absolute atomic E-state index is 13.2. The van der Waals surface area contributed by atoms with Gasteiger partial charge in [-0.1, -0.05) is 29.4 Å². The zero-order valence-electron chi connectivity index (χ0n) is 14.7. The van der Waals surface area contributed by atoms with E-state index < -0.39 is 6.17 Å². The van der Waals surface area contributed by atoms with Crippen molar-refractivity contribution >= 4 is 17.8 Å². The Morgan fingerprint density at radius 1 is 1.22 bits per heavy atom. The first-order chi connectivity index (χ1) is 13.2. The van der Waals surface area contributed by atoms with Crippen LogP contribution < -0.4 is 0 Å². The number of halogens is 1. The summed E-state index contributed by atoms with van der Waals surface area (Å²) in [7, 11) is 0. The third-order valence-corrected chi connectivity index (χ3v) is 4.89. The van der Waals surface area contributed by atoms with Crippen molar-refractivity contribution in [2.75, 3.05) is 0 Å². The highest BCUT2D eigenvalue weighted by molar-refractivity contribution is 5.73. The van der Waals surface area contributed by atoms with Gasteiger partial charge >= 0.3 is 0 Å². The summed E-state index contributed by atoms with van der Waals surface area (Å²) in [6.45, 7) is 2.05. The van der Waals surface area contributed by atoms with E-state index >= 15 is 0 Å². The summed E-state index contributed by atoms with van der Waals surface area (Å²) in [6, 6.07) is 11.9. The molecule has 0 unspecified atom stereocenters.